The van der Waals surface area contributed by atoms with Crippen LogP contribution in [0.25, 0.3) is 21.2 Å². The molecule has 134 valence electrons. The molecule has 3 N–H and O–H groups in total. The van der Waals surface area contributed by atoms with E-state index in [2.05, 4.69) is 48.5 Å². The van der Waals surface area contributed by atoms with Gasteiger partial charge in [0.1, 0.15) is 11.6 Å². The van der Waals surface area contributed by atoms with Crippen molar-refractivity contribution >= 4 is 27.3 Å². The van der Waals surface area contributed by atoms with Gasteiger partial charge in [-0.25, -0.2) is 0 Å². The molecule has 0 spiro atoms. The lowest BCUT2D eigenvalue weighted by molar-refractivity contribution is 0.323. The van der Waals surface area contributed by atoms with Crippen LogP contribution in [0.2, 0.25) is 0 Å². The first-order chi connectivity index (χ1) is 13.2. The highest BCUT2D eigenvalue weighted by atomic mass is 32.1. The van der Waals surface area contributed by atoms with Crippen molar-refractivity contribution in [1.29, 1.82) is 5.41 Å². The summed E-state index contributed by atoms with van der Waals surface area (Å²) in [4.78, 5) is 0.801. The first-order valence-corrected chi connectivity index (χ1v) is 9.66. The minimum absolute atomic E-state index is 0.113. The Kier molecular flexibility index (Phi) is 4.90. The molecule has 0 saturated carbocycles. The predicted octanol–water partition coefficient (Wildman–Crippen LogP) is 5.47. The van der Waals surface area contributed by atoms with Crippen LogP contribution in [-0.4, -0.2) is 12.4 Å². The fraction of sp³-hybridized carbons (Fsp3) is 0.0870. The zero-order chi connectivity index (χ0) is 18.6. The van der Waals surface area contributed by atoms with E-state index in [4.69, 9.17) is 15.9 Å². The van der Waals surface area contributed by atoms with Crippen LogP contribution >= 0.6 is 11.3 Å². The zero-order valence-electron chi connectivity index (χ0n) is 14.8. The van der Waals surface area contributed by atoms with E-state index in [1.54, 1.807) is 11.3 Å². The molecule has 4 heteroatoms. The summed E-state index contributed by atoms with van der Waals surface area (Å²) in [5.41, 5.74) is 9.07. The minimum Gasteiger partial charge on any atom is -0.493 e. The van der Waals surface area contributed by atoms with Crippen LogP contribution in [-0.2, 0) is 6.42 Å². The predicted molar refractivity (Wildman–Crippen MR) is 114 cm³/mol. The van der Waals surface area contributed by atoms with Gasteiger partial charge in [-0.3, -0.25) is 5.41 Å². The molecule has 4 aromatic rings. The third kappa shape index (κ3) is 3.86. The van der Waals surface area contributed by atoms with Crippen LogP contribution in [0.4, 0.5) is 0 Å². The van der Waals surface area contributed by atoms with Crippen molar-refractivity contribution < 1.29 is 4.74 Å². The smallest absolute Gasteiger partial charge is 0.133 e. The maximum atomic E-state index is 7.63. The lowest BCUT2D eigenvalue weighted by Gasteiger charge is -2.12. The Morgan fingerprint density at radius 2 is 1.70 bits per heavy atom. The van der Waals surface area contributed by atoms with E-state index in [9.17, 15) is 0 Å². The highest BCUT2D eigenvalue weighted by Gasteiger charge is 2.09. The van der Waals surface area contributed by atoms with Gasteiger partial charge in [-0.05, 0) is 40.8 Å². The van der Waals surface area contributed by atoms with Gasteiger partial charge >= 0.3 is 0 Å². The third-order valence-electron chi connectivity index (χ3n) is 4.47. The van der Waals surface area contributed by atoms with Crippen LogP contribution in [0, 0.1) is 5.41 Å². The van der Waals surface area contributed by atoms with Crippen LogP contribution in [0.1, 0.15) is 10.4 Å². The molecular weight excluding hydrogens is 352 g/mol. The van der Waals surface area contributed by atoms with Gasteiger partial charge in [-0.15, -0.1) is 11.3 Å². The van der Waals surface area contributed by atoms with Crippen molar-refractivity contribution in [3.63, 3.8) is 0 Å². The van der Waals surface area contributed by atoms with Gasteiger partial charge in [0.2, 0.25) is 0 Å². The summed E-state index contributed by atoms with van der Waals surface area (Å²) in [5.74, 6) is 0.997. The standard InChI is InChI=1S/C23H20N2OS/c24-23(25)22-15-18-14-17(10-11-21(18)27-22)19-8-4-5-9-20(19)26-13-12-16-6-2-1-3-7-16/h1-11,14-15H,12-13H2,(H3,24,25). The summed E-state index contributed by atoms with van der Waals surface area (Å²) in [6.45, 7) is 0.635. The van der Waals surface area contributed by atoms with E-state index in [-0.39, 0.29) is 5.84 Å². The number of ether oxygens (including phenoxy) is 1. The first kappa shape index (κ1) is 17.3. The number of nitrogen functional groups attached to an aromatic ring is 1. The quantitative estimate of drug-likeness (QED) is 0.348. The number of nitrogens with one attached hydrogen (secondary N) is 1. The number of para-hydroxylation sites is 1. The second kappa shape index (κ2) is 7.64. The average Bonchev–Trinajstić information content (AvgIpc) is 3.13. The largest absolute Gasteiger partial charge is 0.493 e. The molecule has 27 heavy (non-hydrogen) atoms. The number of benzene rings is 3. The Hall–Kier alpha value is -3.11. The molecule has 0 fully saturated rings. The van der Waals surface area contributed by atoms with Crippen molar-refractivity contribution in [2.45, 2.75) is 6.42 Å². The van der Waals surface area contributed by atoms with Crippen LogP contribution in [0.3, 0.4) is 0 Å². The Morgan fingerprint density at radius 1 is 0.926 bits per heavy atom. The minimum atomic E-state index is 0.113. The molecule has 3 aromatic carbocycles. The van der Waals surface area contributed by atoms with E-state index in [1.807, 2.05) is 30.3 Å². The number of rotatable bonds is 6. The van der Waals surface area contributed by atoms with E-state index < -0.39 is 0 Å². The molecule has 0 unspecified atom stereocenters. The Balaban J connectivity index is 1.58. The van der Waals surface area contributed by atoms with Gasteiger partial charge in [0.25, 0.3) is 0 Å². The number of amidine groups is 1. The molecule has 3 nitrogen and oxygen atoms in total. The van der Waals surface area contributed by atoms with Gasteiger partial charge in [-0.2, -0.15) is 0 Å². The van der Waals surface area contributed by atoms with Crippen molar-refractivity contribution in [3.05, 3.63) is 89.3 Å². The Labute approximate surface area is 162 Å². The van der Waals surface area contributed by atoms with Crippen LogP contribution in [0.5, 0.6) is 5.75 Å². The van der Waals surface area contributed by atoms with Gasteiger partial charge in [0, 0.05) is 16.7 Å². The summed E-state index contributed by atoms with van der Waals surface area (Å²) in [6, 6.07) is 26.8. The molecule has 1 aromatic heterocycles. The number of hydrogen-bond acceptors (Lipinski definition) is 3. The third-order valence-corrected chi connectivity index (χ3v) is 5.62. The summed E-state index contributed by atoms with van der Waals surface area (Å²) >= 11 is 1.54. The van der Waals surface area contributed by atoms with Crippen molar-refractivity contribution in [1.82, 2.24) is 0 Å². The molecule has 0 saturated heterocycles. The molecule has 4 rings (SSSR count). The molecule has 1 heterocycles. The van der Waals surface area contributed by atoms with Crippen molar-refractivity contribution in [2.75, 3.05) is 6.61 Å². The first-order valence-electron chi connectivity index (χ1n) is 8.85. The van der Waals surface area contributed by atoms with Crippen LogP contribution < -0.4 is 10.5 Å². The van der Waals surface area contributed by atoms with Gasteiger partial charge in [-0.1, -0.05) is 54.6 Å². The van der Waals surface area contributed by atoms with Crippen LogP contribution in [0.15, 0.2) is 78.9 Å². The molecule has 0 aliphatic carbocycles. The van der Waals surface area contributed by atoms with Gasteiger partial charge < -0.3 is 10.5 Å². The Bertz CT molecular complexity index is 1090. The van der Waals surface area contributed by atoms with Crippen molar-refractivity contribution in [3.8, 4) is 16.9 Å². The molecule has 0 radical (unpaired) electrons. The normalized spacial score (nSPS) is 10.8. The molecule has 0 bridgehead atoms. The summed E-state index contributed by atoms with van der Waals surface area (Å²) in [5, 5.41) is 8.73. The maximum Gasteiger partial charge on any atom is 0.133 e. The number of fused-ring (bicyclic) bond motifs is 1. The fourth-order valence-corrected chi connectivity index (χ4v) is 4.00. The second-order valence-corrected chi connectivity index (χ2v) is 7.44. The molecule has 0 aliphatic rings. The number of thiophene rings is 1. The average molecular weight is 372 g/mol. The topological polar surface area (TPSA) is 59.1 Å². The monoisotopic (exact) mass is 372 g/mol. The molecular formula is C23H20N2OS. The number of hydrogen-bond donors (Lipinski definition) is 2. The number of nitrogens with two attached hydrogens (primary N) is 1. The van der Waals surface area contributed by atoms with Gasteiger partial charge in [0.05, 0.1) is 11.5 Å². The second-order valence-electron chi connectivity index (χ2n) is 6.36. The summed E-state index contributed by atoms with van der Waals surface area (Å²) < 4.78 is 7.23. The summed E-state index contributed by atoms with van der Waals surface area (Å²) in [6.07, 6.45) is 0.876. The molecule has 0 atom stereocenters. The van der Waals surface area contributed by atoms with E-state index in [1.165, 1.54) is 5.56 Å². The van der Waals surface area contributed by atoms with E-state index in [0.717, 1.165) is 38.3 Å². The highest BCUT2D eigenvalue weighted by Crippen LogP contribution is 2.34. The van der Waals surface area contributed by atoms with Gasteiger partial charge in [0.15, 0.2) is 0 Å². The molecule has 0 aliphatic heterocycles. The lowest BCUT2D eigenvalue weighted by atomic mass is 10.0. The Morgan fingerprint density at radius 3 is 2.52 bits per heavy atom. The van der Waals surface area contributed by atoms with Crippen molar-refractivity contribution in [2.24, 2.45) is 5.73 Å². The molecule has 0 amide bonds. The van der Waals surface area contributed by atoms with E-state index in [0.29, 0.717) is 6.61 Å². The highest BCUT2D eigenvalue weighted by molar-refractivity contribution is 7.20. The lowest BCUT2D eigenvalue weighted by Crippen LogP contribution is -2.08. The maximum absolute atomic E-state index is 7.63. The van der Waals surface area contributed by atoms with E-state index >= 15 is 0 Å². The zero-order valence-corrected chi connectivity index (χ0v) is 15.6. The summed E-state index contributed by atoms with van der Waals surface area (Å²) in [7, 11) is 0. The SMILES string of the molecule is N=C(N)c1cc2cc(-c3ccccc3OCCc3ccccc3)ccc2s1. The fourth-order valence-electron chi connectivity index (χ4n) is 3.10.